The molecule has 0 aromatic carbocycles. The third kappa shape index (κ3) is 2.69. The fraction of sp³-hybridized carbons (Fsp3) is 0.533. The minimum absolute atomic E-state index is 0.570. The molecule has 0 bridgehead atoms. The van der Waals surface area contributed by atoms with Crippen molar-refractivity contribution in [2.45, 2.75) is 25.4 Å². The zero-order valence-electron chi connectivity index (χ0n) is 11.9. The highest BCUT2D eigenvalue weighted by Gasteiger charge is 2.34. The predicted octanol–water partition coefficient (Wildman–Crippen LogP) is 1.32. The summed E-state index contributed by atoms with van der Waals surface area (Å²) in [5.41, 5.74) is 0.754. The molecular formula is C15H19N5O. The number of fused-ring (bicyclic) bond motifs is 1. The van der Waals surface area contributed by atoms with Gasteiger partial charge in [-0.05, 0) is 37.4 Å². The van der Waals surface area contributed by atoms with E-state index in [9.17, 15) is 0 Å². The Labute approximate surface area is 123 Å². The number of hydrogen-bond acceptors (Lipinski definition) is 6. The van der Waals surface area contributed by atoms with Crippen LogP contribution in [0.5, 0.6) is 0 Å². The van der Waals surface area contributed by atoms with Gasteiger partial charge in [-0.1, -0.05) is 11.2 Å². The molecule has 0 aliphatic carbocycles. The number of rotatable bonds is 3. The molecule has 0 radical (unpaired) electrons. The van der Waals surface area contributed by atoms with E-state index in [1.54, 1.807) is 6.20 Å². The molecule has 6 heteroatoms. The van der Waals surface area contributed by atoms with E-state index in [4.69, 9.17) is 4.52 Å². The lowest BCUT2D eigenvalue weighted by Crippen LogP contribution is -2.40. The summed E-state index contributed by atoms with van der Waals surface area (Å²) in [6.07, 6.45) is 4.36. The molecule has 2 aliphatic heterocycles. The van der Waals surface area contributed by atoms with Gasteiger partial charge in [0.05, 0.1) is 6.54 Å². The van der Waals surface area contributed by atoms with Crippen LogP contribution < -0.4 is 5.32 Å². The predicted molar refractivity (Wildman–Crippen MR) is 77.3 cm³/mol. The number of nitrogens with zero attached hydrogens (tertiary/aromatic N) is 4. The SMILES string of the molecule is c1ccc(-c2noc(CN3CC4CCCNC4C3)n2)nc1. The molecule has 2 aromatic rings. The maximum absolute atomic E-state index is 5.37. The third-order valence-electron chi connectivity index (χ3n) is 4.40. The lowest BCUT2D eigenvalue weighted by Gasteiger charge is -2.24. The Bertz CT molecular complexity index is 585. The lowest BCUT2D eigenvalue weighted by molar-refractivity contribution is 0.259. The van der Waals surface area contributed by atoms with Gasteiger partial charge in [-0.15, -0.1) is 0 Å². The van der Waals surface area contributed by atoms with Gasteiger partial charge in [0.1, 0.15) is 5.69 Å². The first kappa shape index (κ1) is 12.9. The standard InChI is InChI=1S/C15H19N5O/c1-2-6-16-12(5-1)15-18-14(21-19-15)10-20-8-11-4-3-7-17-13(11)9-20/h1-2,5-6,11,13,17H,3-4,7-10H2. The fourth-order valence-electron chi connectivity index (χ4n) is 3.37. The van der Waals surface area contributed by atoms with Gasteiger partial charge in [-0.3, -0.25) is 9.88 Å². The summed E-state index contributed by atoms with van der Waals surface area (Å²) in [5.74, 6) is 2.02. The van der Waals surface area contributed by atoms with E-state index >= 15 is 0 Å². The molecule has 2 atom stereocenters. The minimum atomic E-state index is 0.570. The summed E-state index contributed by atoms with van der Waals surface area (Å²) >= 11 is 0. The maximum Gasteiger partial charge on any atom is 0.241 e. The highest BCUT2D eigenvalue weighted by molar-refractivity contribution is 5.46. The summed E-state index contributed by atoms with van der Waals surface area (Å²) in [7, 11) is 0. The van der Waals surface area contributed by atoms with E-state index in [1.807, 2.05) is 18.2 Å². The number of hydrogen-bond donors (Lipinski definition) is 1. The molecular weight excluding hydrogens is 266 g/mol. The average molecular weight is 285 g/mol. The van der Waals surface area contributed by atoms with Gasteiger partial charge in [0.2, 0.25) is 11.7 Å². The molecule has 2 fully saturated rings. The molecule has 6 nitrogen and oxygen atoms in total. The molecule has 2 aromatic heterocycles. The van der Waals surface area contributed by atoms with Crippen molar-refractivity contribution in [3.63, 3.8) is 0 Å². The molecule has 21 heavy (non-hydrogen) atoms. The first-order valence-electron chi connectivity index (χ1n) is 7.58. The first-order chi connectivity index (χ1) is 10.4. The number of nitrogens with one attached hydrogen (secondary N) is 1. The average Bonchev–Trinajstić information content (AvgIpc) is 3.14. The Morgan fingerprint density at radius 3 is 3.19 bits per heavy atom. The Balaban J connectivity index is 1.43. The van der Waals surface area contributed by atoms with Crippen molar-refractivity contribution in [3.05, 3.63) is 30.3 Å². The zero-order chi connectivity index (χ0) is 14.1. The van der Waals surface area contributed by atoms with Crippen LogP contribution in [0.4, 0.5) is 0 Å². The van der Waals surface area contributed by atoms with Gasteiger partial charge in [0.15, 0.2) is 0 Å². The number of pyridine rings is 1. The topological polar surface area (TPSA) is 67.1 Å². The molecule has 0 saturated carbocycles. The second-order valence-electron chi connectivity index (χ2n) is 5.88. The molecule has 4 rings (SSSR count). The smallest absolute Gasteiger partial charge is 0.241 e. The summed E-state index contributed by atoms with van der Waals surface area (Å²) in [6.45, 7) is 4.08. The molecule has 0 amide bonds. The Hall–Kier alpha value is -1.79. The van der Waals surface area contributed by atoms with E-state index in [0.717, 1.165) is 37.8 Å². The largest absolute Gasteiger partial charge is 0.337 e. The van der Waals surface area contributed by atoms with E-state index in [2.05, 4.69) is 25.3 Å². The van der Waals surface area contributed by atoms with E-state index < -0.39 is 0 Å². The van der Waals surface area contributed by atoms with Crippen LogP contribution in [0.1, 0.15) is 18.7 Å². The van der Waals surface area contributed by atoms with Crippen molar-refractivity contribution in [2.75, 3.05) is 19.6 Å². The van der Waals surface area contributed by atoms with Crippen LogP contribution in [0.3, 0.4) is 0 Å². The Morgan fingerprint density at radius 1 is 1.33 bits per heavy atom. The van der Waals surface area contributed by atoms with E-state index in [-0.39, 0.29) is 0 Å². The summed E-state index contributed by atoms with van der Waals surface area (Å²) < 4.78 is 5.37. The molecule has 1 N–H and O–H groups in total. The monoisotopic (exact) mass is 285 g/mol. The van der Waals surface area contributed by atoms with Crippen molar-refractivity contribution in [3.8, 4) is 11.5 Å². The van der Waals surface area contributed by atoms with Crippen molar-refractivity contribution in [2.24, 2.45) is 5.92 Å². The Kier molecular flexibility index (Phi) is 3.40. The second-order valence-corrected chi connectivity index (χ2v) is 5.88. The van der Waals surface area contributed by atoms with Gasteiger partial charge < -0.3 is 9.84 Å². The van der Waals surface area contributed by atoms with Gasteiger partial charge in [-0.25, -0.2) is 0 Å². The van der Waals surface area contributed by atoms with E-state index in [1.165, 1.54) is 12.8 Å². The normalized spacial score (nSPS) is 25.9. The highest BCUT2D eigenvalue weighted by atomic mass is 16.5. The number of piperidine rings is 1. The van der Waals surface area contributed by atoms with Crippen LogP contribution in [0, 0.1) is 5.92 Å². The summed E-state index contributed by atoms with van der Waals surface area (Å²) in [5, 5.41) is 7.64. The second kappa shape index (κ2) is 5.54. The minimum Gasteiger partial charge on any atom is -0.337 e. The molecule has 110 valence electrons. The van der Waals surface area contributed by atoms with Crippen molar-refractivity contribution < 1.29 is 4.52 Å². The zero-order valence-corrected chi connectivity index (χ0v) is 11.9. The number of likely N-dealkylation sites (tertiary alicyclic amines) is 1. The maximum atomic E-state index is 5.37. The van der Waals surface area contributed by atoms with E-state index in [0.29, 0.717) is 17.8 Å². The van der Waals surface area contributed by atoms with Crippen molar-refractivity contribution in [1.82, 2.24) is 25.3 Å². The van der Waals surface area contributed by atoms with Crippen LogP contribution in [0.25, 0.3) is 11.5 Å². The highest BCUT2D eigenvalue weighted by Crippen LogP contribution is 2.26. The molecule has 4 heterocycles. The van der Waals surface area contributed by atoms with Crippen LogP contribution >= 0.6 is 0 Å². The molecule has 2 aliphatic rings. The van der Waals surface area contributed by atoms with Gasteiger partial charge in [0, 0.05) is 25.3 Å². The lowest BCUT2D eigenvalue weighted by atomic mass is 9.94. The van der Waals surface area contributed by atoms with Gasteiger partial charge >= 0.3 is 0 Å². The number of aromatic nitrogens is 3. The fourth-order valence-corrected chi connectivity index (χ4v) is 3.37. The third-order valence-corrected chi connectivity index (χ3v) is 4.40. The summed E-state index contributed by atoms with van der Waals surface area (Å²) in [6, 6.07) is 6.33. The van der Waals surface area contributed by atoms with Gasteiger partial charge in [-0.2, -0.15) is 4.98 Å². The first-order valence-corrected chi connectivity index (χ1v) is 7.58. The van der Waals surface area contributed by atoms with Gasteiger partial charge in [0.25, 0.3) is 0 Å². The van der Waals surface area contributed by atoms with Crippen molar-refractivity contribution in [1.29, 1.82) is 0 Å². The van der Waals surface area contributed by atoms with Crippen LogP contribution in [0.15, 0.2) is 28.9 Å². The van der Waals surface area contributed by atoms with Crippen LogP contribution in [-0.2, 0) is 6.54 Å². The Morgan fingerprint density at radius 2 is 2.33 bits per heavy atom. The van der Waals surface area contributed by atoms with Crippen LogP contribution in [-0.4, -0.2) is 45.7 Å². The quantitative estimate of drug-likeness (QED) is 0.917. The molecule has 2 unspecified atom stereocenters. The molecule has 2 saturated heterocycles. The summed E-state index contributed by atoms with van der Waals surface area (Å²) in [4.78, 5) is 11.1. The molecule has 0 spiro atoms. The van der Waals surface area contributed by atoms with Crippen molar-refractivity contribution >= 4 is 0 Å². The van der Waals surface area contributed by atoms with Crippen LogP contribution in [0.2, 0.25) is 0 Å².